The molecule has 8 nitrogen and oxygen atoms in total. The topological polar surface area (TPSA) is 109 Å². The summed E-state index contributed by atoms with van der Waals surface area (Å²) in [6.45, 7) is 8.48. The molecule has 1 aliphatic rings. The number of ether oxygens (including phenoxy) is 1. The van der Waals surface area contributed by atoms with E-state index in [2.05, 4.69) is 20.0 Å². The van der Waals surface area contributed by atoms with Gasteiger partial charge in [0.05, 0.1) is 30.2 Å². The molecule has 25 heavy (non-hydrogen) atoms. The van der Waals surface area contributed by atoms with E-state index in [0.29, 0.717) is 12.2 Å². The SMILES string of the molecule is CNCC(=Cc1cnc(N)c(C(=O)OC)n1)B1OC(C)(C)C(C)(C)O1. The first-order valence-corrected chi connectivity index (χ1v) is 8.03. The highest BCUT2D eigenvalue weighted by atomic mass is 16.7. The van der Waals surface area contributed by atoms with E-state index in [4.69, 9.17) is 15.0 Å². The number of nitrogen functional groups attached to an aromatic ring is 1. The minimum atomic E-state index is -0.633. The van der Waals surface area contributed by atoms with Crippen LogP contribution >= 0.6 is 0 Å². The van der Waals surface area contributed by atoms with Crippen molar-refractivity contribution >= 4 is 25.0 Å². The molecule has 0 atom stereocenters. The minimum Gasteiger partial charge on any atom is -0.464 e. The van der Waals surface area contributed by atoms with Gasteiger partial charge in [-0.05, 0) is 46.3 Å². The second-order valence-corrected chi connectivity index (χ2v) is 6.86. The Kier molecular flexibility index (Phi) is 5.50. The number of carbonyl (C=O) groups is 1. The molecule has 0 aromatic carbocycles. The Morgan fingerprint density at radius 1 is 1.36 bits per heavy atom. The van der Waals surface area contributed by atoms with Crippen LogP contribution in [0.2, 0.25) is 0 Å². The highest BCUT2D eigenvalue weighted by Gasteiger charge is 2.52. The van der Waals surface area contributed by atoms with Crippen LogP contribution in [0.3, 0.4) is 0 Å². The zero-order valence-electron chi connectivity index (χ0n) is 15.5. The van der Waals surface area contributed by atoms with Crippen molar-refractivity contribution in [1.82, 2.24) is 15.3 Å². The zero-order chi connectivity index (χ0) is 18.8. The molecule has 1 aromatic rings. The van der Waals surface area contributed by atoms with Crippen molar-refractivity contribution in [2.24, 2.45) is 0 Å². The summed E-state index contributed by atoms with van der Waals surface area (Å²) in [4.78, 5) is 20.0. The number of anilines is 1. The van der Waals surface area contributed by atoms with E-state index < -0.39 is 24.3 Å². The molecular formula is C16H25BN4O4. The second kappa shape index (κ2) is 7.11. The maximum Gasteiger partial charge on any atom is 0.491 e. The Bertz CT molecular complexity index is 675. The molecular weight excluding hydrogens is 323 g/mol. The summed E-state index contributed by atoms with van der Waals surface area (Å²) in [5.41, 5.74) is 6.07. The van der Waals surface area contributed by atoms with Gasteiger partial charge in [-0.15, -0.1) is 0 Å². The lowest BCUT2D eigenvalue weighted by molar-refractivity contribution is 0.00578. The Morgan fingerprint density at radius 2 is 1.96 bits per heavy atom. The molecule has 136 valence electrons. The van der Waals surface area contributed by atoms with Crippen molar-refractivity contribution in [2.45, 2.75) is 38.9 Å². The van der Waals surface area contributed by atoms with Gasteiger partial charge in [-0.2, -0.15) is 0 Å². The highest BCUT2D eigenvalue weighted by Crippen LogP contribution is 2.38. The summed E-state index contributed by atoms with van der Waals surface area (Å²) in [5, 5.41) is 3.09. The Hall–Kier alpha value is -1.97. The molecule has 1 aliphatic heterocycles. The van der Waals surface area contributed by atoms with Gasteiger partial charge < -0.3 is 25.1 Å². The zero-order valence-corrected chi connectivity index (χ0v) is 15.5. The summed E-state index contributed by atoms with van der Waals surface area (Å²) in [7, 11) is 2.56. The van der Waals surface area contributed by atoms with Crippen LogP contribution in [0.5, 0.6) is 0 Å². The lowest BCUT2D eigenvalue weighted by Gasteiger charge is -2.32. The summed E-state index contributed by atoms with van der Waals surface area (Å²) >= 11 is 0. The lowest BCUT2D eigenvalue weighted by atomic mass is 9.77. The van der Waals surface area contributed by atoms with Gasteiger partial charge in [0, 0.05) is 6.54 Å². The van der Waals surface area contributed by atoms with Crippen molar-refractivity contribution in [2.75, 3.05) is 26.4 Å². The van der Waals surface area contributed by atoms with Crippen LogP contribution in [0.4, 0.5) is 5.82 Å². The predicted molar refractivity (Wildman–Crippen MR) is 95.8 cm³/mol. The number of nitrogens with two attached hydrogens (primary N) is 1. The molecule has 0 amide bonds. The molecule has 2 rings (SSSR count). The number of nitrogens with one attached hydrogen (secondary N) is 1. The number of esters is 1. The largest absolute Gasteiger partial charge is 0.491 e. The van der Waals surface area contributed by atoms with Crippen molar-refractivity contribution in [3.63, 3.8) is 0 Å². The van der Waals surface area contributed by atoms with Crippen LogP contribution in [-0.4, -0.2) is 55.0 Å². The fourth-order valence-corrected chi connectivity index (χ4v) is 2.32. The van der Waals surface area contributed by atoms with Gasteiger partial charge in [-0.25, -0.2) is 14.8 Å². The van der Waals surface area contributed by atoms with E-state index in [0.717, 1.165) is 5.47 Å². The van der Waals surface area contributed by atoms with E-state index in [1.54, 1.807) is 6.08 Å². The second-order valence-electron chi connectivity index (χ2n) is 6.86. The Labute approximate surface area is 148 Å². The van der Waals surface area contributed by atoms with Crippen LogP contribution in [0, 0.1) is 0 Å². The van der Waals surface area contributed by atoms with E-state index >= 15 is 0 Å². The van der Waals surface area contributed by atoms with Crippen LogP contribution in [0.15, 0.2) is 11.7 Å². The van der Waals surface area contributed by atoms with Gasteiger partial charge in [0.2, 0.25) is 0 Å². The quantitative estimate of drug-likeness (QED) is 0.601. The Morgan fingerprint density at radius 3 is 2.48 bits per heavy atom. The van der Waals surface area contributed by atoms with E-state index in [-0.39, 0.29) is 11.5 Å². The summed E-state index contributed by atoms with van der Waals surface area (Å²) in [5.74, 6) is -0.610. The van der Waals surface area contributed by atoms with Crippen LogP contribution < -0.4 is 11.1 Å². The fraction of sp³-hybridized carbons (Fsp3) is 0.562. The number of rotatable bonds is 5. The van der Waals surface area contributed by atoms with Gasteiger partial charge in [-0.3, -0.25) is 0 Å². The van der Waals surface area contributed by atoms with E-state index in [9.17, 15) is 4.79 Å². The summed E-state index contributed by atoms with van der Waals surface area (Å²) < 4.78 is 16.8. The van der Waals surface area contributed by atoms with Gasteiger partial charge in [0.1, 0.15) is 0 Å². The molecule has 3 N–H and O–H groups in total. The smallest absolute Gasteiger partial charge is 0.464 e. The van der Waals surface area contributed by atoms with Crippen molar-refractivity contribution in [3.05, 3.63) is 23.1 Å². The Balaban J connectivity index is 2.37. The van der Waals surface area contributed by atoms with Crippen molar-refractivity contribution < 1.29 is 18.8 Å². The highest BCUT2D eigenvalue weighted by molar-refractivity contribution is 6.55. The lowest BCUT2D eigenvalue weighted by Crippen LogP contribution is -2.41. The first-order valence-electron chi connectivity index (χ1n) is 8.03. The standard InChI is InChI=1S/C16H25BN4O4/c1-15(2)16(3,4)25-17(24-15)10(8-19-5)7-11-9-20-13(18)12(21-11)14(22)23-6/h7,9,19H,8H2,1-6H3,(H2,18,20). The third-order valence-corrected chi connectivity index (χ3v) is 4.47. The van der Waals surface area contributed by atoms with Gasteiger partial charge in [-0.1, -0.05) is 0 Å². The monoisotopic (exact) mass is 348 g/mol. The van der Waals surface area contributed by atoms with Crippen LogP contribution in [0.1, 0.15) is 43.9 Å². The number of hydrogen-bond acceptors (Lipinski definition) is 8. The molecule has 0 unspecified atom stereocenters. The third kappa shape index (κ3) is 4.00. The van der Waals surface area contributed by atoms with Crippen molar-refractivity contribution in [3.8, 4) is 0 Å². The fourth-order valence-electron chi connectivity index (χ4n) is 2.32. The van der Waals surface area contributed by atoms with E-state index in [1.807, 2.05) is 34.7 Å². The van der Waals surface area contributed by atoms with Gasteiger partial charge in [0.25, 0.3) is 0 Å². The number of likely N-dealkylation sites (N-methyl/N-ethyl adjacent to an activating group) is 1. The molecule has 0 radical (unpaired) electrons. The van der Waals surface area contributed by atoms with Gasteiger partial charge in [0.15, 0.2) is 11.5 Å². The van der Waals surface area contributed by atoms with E-state index in [1.165, 1.54) is 13.3 Å². The first kappa shape index (κ1) is 19.4. The van der Waals surface area contributed by atoms with Crippen LogP contribution in [0.25, 0.3) is 6.08 Å². The van der Waals surface area contributed by atoms with Crippen LogP contribution in [-0.2, 0) is 14.0 Å². The van der Waals surface area contributed by atoms with Crippen molar-refractivity contribution in [1.29, 1.82) is 0 Å². The number of nitrogens with zero attached hydrogens (tertiary/aromatic N) is 2. The average Bonchev–Trinajstić information content (AvgIpc) is 2.76. The molecule has 2 heterocycles. The molecule has 0 saturated carbocycles. The number of carbonyl (C=O) groups excluding carboxylic acids is 1. The minimum absolute atomic E-state index is 0.0195. The number of hydrogen-bond donors (Lipinski definition) is 2. The number of aromatic nitrogens is 2. The molecule has 1 saturated heterocycles. The molecule has 0 aliphatic carbocycles. The molecule has 0 bridgehead atoms. The number of methoxy groups -OCH3 is 1. The summed E-state index contributed by atoms with van der Waals surface area (Å²) in [6.07, 6.45) is 3.26. The maximum atomic E-state index is 11.7. The maximum absolute atomic E-state index is 11.7. The normalized spacial score (nSPS) is 19.1. The summed E-state index contributed by atoms with van der Waals surface area (Å²) in [6, 6.07) is 0. The van der Waals surface area contributed by atoms with Gasteiger partial charge >= 0.3 is 13.1 Å². The predicted octanol–water partition coefficient (Wildman–Crippen LogP) is 1.08. The third-order valence-electron chi connectivity index (χ3n) is 4.47. The molecule has 9 heteroatoms. The first-order chi connectivity index (χ1) is 11.6. The molecule has 1 fully saturated rings. The average molecular weight is 348 g/mol. The molecule has 0 spiro atoms. The molecule has 1 aromatic heterocycles.